The van der Waals surface area contributed by atoms with Crippen LogP contribution < -0.4 is 5.32 Å². The van der Waals surface area contributed by atoms with Crippen LogP contribution in [0.15, 0.2) is 18.2 Å². The monoisotopic (exact) mass is 324 g/mol. The zero-order valence-electron chi connectivity index (χ0n) is 13.2. The Morgan fingerprint density at radius 2 is 2.04 bits per heavy atom. The summed E-state index contributed by atoms with van der Waals surface area (Å²) in [5, 5.41) is 12.1. The van der Waals surface area contributed by atoms with Crippen molar-refractivity contribution in [1.82, 2.24) is 4.90 Å². The lowest BCUT2D eigenvalue weighted by molar-refractivity contribution is 0.0600. The number of carbonyl (C=O) groups is 2. The summed E-state index contributed by atoms with van der Waals surface area (Å²) in [6.07, 6.45) is 0.540. The molecule has 0 spiro atoms. The molecule has 1 fully saturated rings. The molecule has 6 nitrogen and oxygen atoms in total. The van der Waals surface area contributed by atoms with E-state index in [1.165, 1.54) is 30.2 Å². The number of nitrogens with one attached hydrogen (secondary N) is 1. The quantitative estimate of drug-likeness (QED) is 0.833. The Morgan fingerprint density at radius 1 is 1.39 bits per heavy atom. The van der Waals surface area contributed by atoms with Gasteiger partial charge in [-0.15, -0.1) is 0 Å². The van der Waals surface area contributed by atoms with Gasteiger partial charge in [-0.25, -0.2) is 14.0 Å². The Hall–Kier alpha value is -2.31. The highest BCUT2D eigenvalue weighted by Gasteiger charge is 2.26. The highest BCUT2D eigenvalue weighted by atomic mass is 19.1. The predicted octanol–water partition coefficient (Wildman–Crippen LogP) is 2.80. The maximum atomic E-state index is 13.9. The molecule has 0 aromatic heterocycles. The number of esters is 1. The number of halogens is 1. The third kappa shape index (κ3) is 4.12. The van der Waals surface area contributed by atoms with E-state index >= 15 is 0 Å². The molecule has 7 heteroatoms. The van der Waals surface area contributed by atoms with Crippen molar-refractivity contribution in [1.29, 1.82) is 0 Å². The molecule has 1 atom stereocenters. The molecule has 0 saturated carbocycles. The molecule has 2 N–H and O–H groups in total. The van der Waals surface area contributed by atoms with E-state index in [2.05, 4.69) is 10.1 Å². The van der Waals surface area contributed by atoms with Crippen LogP contribution in [0.3, 0.4) is 0 Å². The minimum absolute atomic E-state index is 0.0339. The maximum absolute atomic E-state index is 13.9. The second-order valence-corrected chi connectivity index (χ2v) is 5.73. The van der Waals surface area contributed by atoms with Crippen LogP contribution in [0.5, 0.6) is 0 Å². The molecule has 23 heavy (non-hydrogen) atoms. The number of methoxy groups -OCH3 is 1. The molecule has 0 bridgehead atoms. The molecule has 1 saturated heterocycles. The summed E-state index contributed by atoms with van der Waals surface area (Å²) in [5.41, 5.74) is 0.533. The first-order chi connectivity index (χ1) is 10.9. The lowest BCUT2D eigenvalue weighted by atomic mass is 9.90. The van der Waals surface area contributed by atoms with Gasteiger partial charge in [0.05, 0.1) is 18.4 Å². The number of hydrogen-bond donors (Lipinski definition) is 2. The summed E-state index contributed by atoms with van der Waals surface area (Å²) in [4.78, 5) is 23.8. The van der Waals surface area contributed by atoms with Gasteiger partial charge < -0.3 is 20.1 Å². The number of rotatable bonds is 4. The second kappa shape index (κ2) is 7.30. The molecule has 1 aliphatic rings. The molecule has 1 aliphatic heterocycles. The highest BCUT2D eigenvalue weighted by molar-refractivity contribution is 5.90. The molecule has 0 aliphatic carbocycles. The summed E-state index contributed by atoms with van der Waals surface area (Å²) >= 11 is 0. The van der Waals surface area contributed by atoms with Crippen LogP contribution in [0.2, 0.25) is 0 Å². The SMILES string of the molecule is COC(=O)c1ccc(F)c(N[C@@H](C)C2CCN(C(=O)O)CC2)c1. The summed E-state index contributed by atoms with van der Waals surface area (Å²) < 4.78 is 18.6. The van der Waals surface area contributed by atoms with Crippen molar-refractivity contribution in [3.8, 4) is 0 Å². The average Bonchev–Trinajstić information content (AvgIpc) is 2.56. The van der Waals surface area contributed by atoms with Crippen LogP contribution in [0.1, 0.15) is 30.1 Å². The number of nitrogens with zero attached hydrogens (tertiary/aromatic N) is 1. The van der Waals surface area contributed by atoms with Crippen molar-refractivity contribution in [2.24, 2.45) is 5.92 Å². The number of piperidine rings is 1. The van der Waals surface area contributed by atoms with Crippen LogP contribution in [0, 0.1) is 11.7 Å². The van der Waals surface area contributed by atoms with Crippen molar-refractivity contribution in [2.45, 2.75) is 25.8 Å². The molecule has 1 heterocycles. The van der Waals surface area contributed by atoms with Crippen molar-refractivity contribution in [2.75, 3.05) is 25.5 Å². The van der Waals surface area contributed by atoms with Crippen molar-refractivity contribution in [3.05, 3.63) is 29.6 Å². The molecule has 2 rings (SSSR count). The zero-order valence-corrected chi connectivity index (χ0v) is 13.2. The van der Waals surface area contributed by atoms with Crippen LogP contribution in [0.4, 0.5) is 14.9 Å². The van der Waals surface area contributed by atoms with E-state index in [4.69, 9.17) is 5.11 Å². The number of ether oxygens (including phenoxy) is 1. The number of carboxylic acid groups (broad SMARTS) is 1. The standard InChI is InChI=1S/C16H21FN2O4/c1-10(11-5-7-19(8-6-11)16(21)22)18-14-9-12(15(20)23-2)3-4-13(14)17/h3-4,9-11,18H,5-8H2,1-2H3,(H,21,22)/t10-/m0/s1. The van der Waals surface area contributed by atoms with Gasteiger partial charge in [-0.05, 0) is 43.9 Å². The van der Waals surface area contributed by atoms with Crippen molar-refractivity contribution >= 4 is 17.7 Å². The Labute approximate surface area is 134 Å². The number of amides is 1. The molecule has 1 aromatic carbocycles. The summed E-state index contributed by atoms with van der Waals surface area (Å²) in [7, 11) is 1.28. The third-order valence-electron chi connectivity index (χ3n) is 4.29. The molecular weight excluding hydrogens is 303 g/mol. The maximum Gasteiger partial charge on any atom is 0.407 e. The van der Waals surface area contributed by atoms with E-state index in [9.17, 15) is 14.0 Å². The number of anilines is 1. The Balaban J connectivity index is 2.01. The minimum Gasteiger partial charge on any atom is -0.465 e. The van der Waals surface area contributed by atoms with E-state index in [-0.39, 0.29) is 23.2 Å². The first-order valence-corrected chi connectivity index (χ1v) is 7.54. The molecule has 1 amide bonds. The fourth-order valence-corrected chi connectivity index (χ4v) is 2.83. The third-order valence-corrected chi connectivity index (χ3v) is 4.29. The topological polar surface area (TPSA) is 78.9 Å². The molecule has 0 radical (unpaired) electrons. The van der Waals surface area contributed by atoms with Crippen LogP contribution in [0.25, 0.3) is 0 Å². The summed E-state index contributed by atoms with van der Waals surface area (Å²) in [6.45, 7) is 2.90. The van der Waals surface area contributed by atoms with Gasteiger partial charge in [0.2, 0.25) is 0 Å². The Morgan fingerprint density at radius 3 is 2.61 bits per heavy atom. The van der Waals surface area contributed by atoms with Crippen LogP contribution in [-0.4, -0.2) is 48.3 Å². The van der Waals surface area contributed by atoms with E-state index < -0.39 is 17.9 Å². The van der Waals surface area contributed by atoms with Gasteiger partial charge in [0.1, 0.15) is 5.82 Å². The van der Waals surface area contributed by atoms with Gasteiger partial charge in [-0.3, -0.25) is 0 Å². The van der Waals surface area contributed by atoms with Gasteiger partial charge in [0.25, 0.3) is 0 Å². The fourth-order valence-electron chi connectivity index (χ4n) is 2.83. The average molecular weight is 324 g/mol. The molecule has 126 valence electrons. The minimum atomic E-state index is -0.902. The Bertz CT molecular complexity index is 585. The fraction of sp³-hybridized carbons (Fsp3) is 0.500. The smallest absolute Gasteiger partial charge is 0.407 e. The first kappa shape index (κ1) is 17.1. The molecule has 1 aromatic rings. The van der Waals surface area contributed by atoms with Gasteiger partial charge in [0, 0.05) is 19.1 Å². The van der Waals surface area contributed by atoms with Crippen molar-refractivity contribution < 1.29 is 23.8 Å². The van der Waals surface area contributed by atoms with Crippen molar-refractivity contribution in [3.63, 3.8) is 0 Å². The van der Waals surface area contributed by atoms with Gasteiger partial charge in [0.15, 0.2) is 0 Å². The predicted molar refractivity (Wildman–Crippen MR) is 83.1 cm³/mol. The van der Waals surface area contributed by atoms with E-state index in [1.54, 1.807) is 0 Å². The first-order valence-electron chi connectivity index (χ1n) is 7.54. The normalized spacial score (nSPS) is 16.7. The van der Waals surface area contributed by atoms with Gasteiger partial charge >= 0.3 is 12.1 Å². The largest absolute Gasteiger partial charge is 0.465 e. The lowest BCUT2D eigenvalue weighted by Gasteiger charge is -2.34. The zero-order chi connectivity index (χ0) is 17.0. The lowest BCUT2D eigenvalue weighted by Crippen LogP contribution is -2.41. The summed E-state index contributed by atoms with van der Waals surface area (Å²) in [6, 6.07) is 4.01. The van der Waals surface area contributed by atoms with Gasteiger partial charge in [-0.1, -0.05) is 0 Å². The van der Waals surface area contributed by atoms with E-state index in [0.29, 0.717) is 13.1 Å². The summed E-state index contributed by atoms with van der Waals surface area (Å²) in [5.74, 6) is -0.713. The number of carbonyl (C=O) groups excluding carboxylic acids is 1. The number of hydrogen-bond acceptors (Lipinski definition) is 4. The van der Waals surface area contributed by atoms with E-state index in [0.717, 1.165) is 12.8 Å². The van der Waals surface area contributed by atoms with Crippen LogP contribution >= 0.6 is 0 Å². The number of likely N-dealkylation sites (tertiary alicyclic amines) is 1. The van der Waals surface area contributed by atoms with Gasteiger partial charge in [-0.2, -0.15) is 0 Å². The van der Waals surface area contributed by atoms with Crippen LogP contribution in [-0.2, 0) is 4.74 Å². The molecular formula is C16H21FN2O4. The molecule has 0 unspecified atom stereocenters. The number of benzene rings is 1. The second-order valence-electron chi connectivity index (χ2n) is 5.73. The highest BCUT2D eigenvalue weighted by Crippen LogP contribution is 2.25. The van der Waals surface area contributed by atoms with E-state index in [1.807, 2.05) is 6.92 Å². The Kier molecular flexibility index (Phi) is 5.41.